The molecule has 5 nitrogen and oxygen atoms in total. The minimum Gasteiger partial charge on any atom is -0.347 e. The standard InChI is InChI=1S/C21H22N4O/c1-15-6-7-16(13-23-15)12-20(26)24-21-18-5-3-2-4-17(18)8-9-19(21)25-11-10-22-14-25/h2-7,10-11,13-14,19,21H,8-9,12H2,1H3,(H,24,26)/t19-,21-/m0/s1. The van der Waals surface area contributed by atoms with Crippen LogP contribution in [0, 0.1) is 6.92 Å². The molecule has 0 fully saturated rings. The number of amides is 1. The van der Waals surface area contributed by atoms with Gasteiger partial charge in [0, 0.05) is 24.3 Å². The Labute approximate surface area is 153 Å². The van der Waals surface area contributed by atoms with Gasteiger partial charge in [0.2, 0.25) is 5.91 Å². The minimum atomic E-state index is -0.0555. The summed E-state index contributed by atoms with van der Waals surface area (Å²) in [7, 11) is 0. The molecular weight excluding hydrogens is 324 g/mol. The molecule has 1 N–H and O–H groups in total. The fourth-order valence-corrected chi connectivity index (χ4v) is 3.72. The van der Waals surface area contributed by atoms with E-state index in [1.807, 2.05) is 37.6 Å². The molecule has 0 spiro atoms. The highest BCUT2D eigenvalue weighted by Crippen LogP contribution is 2.37. The summed E-state index contributed by atoms with van der Waals surface area (Å²) in [5, 5.41) is 3.26. The summed E-state index contributed by atoms with van der Waals surface area (Å²) in [4.78, 5) is 21.2. The van der Waals surface area contributed by atoms with Gasteiger partial charge in [-0.1, -0.05) is 30.3 Å². The number of carbonyl (C=O) groups is 1. The molecular formula is C21H22N4O. The number of benzene rings is 1. The smallest absolute Gasteiger partial charge is 0.225 e. The summed E-state index contributed by atoms with van der Waals surface area (Å²) in [6, 6.07) is 12.4. The van der Waals surface area contributed by atoms with Crippen molar-refractivity contribution in [2.75, 3.05) is 0 Å². The van der Waals surface area contributed by atoms with E-state index in [1.165, 1.54) is 11.1 Å². The van der Waals surface area contributed by atoms with E-state index < -0.39 is 0 Å². The lowest BCUT2D eigenvalue weighted by molar-refractivity contribution is -0.121. The molecule has 2 atom stereocenters. The number of rotatable bonds is 4. The Kier molecular flexibility index (Phi) is 4.52. The molecule has 4 rings (SSSR count). The second-order valence-corrected chi connectivity index (χ2v) is 6.84. The topological polar surface area (TPSA) is 59.8 Å². The Morgan fingerprint density at radius 1 is 1.27 bits per heavy atom. The number of fused-ring (bicyclic) bond motifs is 1. The van der Waals surface area contributed by atoms with Gasteiger partial charge in [-0.2, -0.15) is 0 Å². The Morgan fingerprint density at radius 3 is 2.92 bits per heavy atom. The average molecular weight is 346 g/mol. The summed E-state index contributed by atoms with van der Waals surface area (Å²) in [5.41, 5.74) is 4.39. The number of nitrogens with one attached hydrogen (secondary N) is 1. The predicted molar refractivity (Wildman–Crippen MR) is 99.6 cm³/mol. The largest absolute Gasteiger partial charge is 0.347 e. The van der Waals surface area contributed by atoms with Crippen molar-refractivity contribution >= 4 is 5.91 Å². The molecule has 132 valence electrons. The predicted octanol–water partition coefficient (Wildman–Crippen LogP) is 3.17. The number of hydrogen-bond donors (Lipinski definition) is 1. The lowest BCUT2D eigenvalue weighted by Crippen LogP contribution is -2.38. The summed E-state index contributed by atoms with van der Waals surface area (Å²) in [6.07, 6.45) is 9.69. The lowest BCUT2D eigenvalue weighted by atomic mass is 9.83. The number of hydrogen-bond acceptors (Lipinski definition) is 3. The SMILES string of the molecule is Cc1ccc(CC(=O)N[C@H]2c3ccccc3CC[C@@H]2n2ccnc2)cn1. The van der Waals surface area contributed by atoms with Crippen molar-refractivity contribution in [2.45, 2.75) is 38.3 Å². The fourth-order valence-electron chi connectivity index (χ4n) is 3.72. The lowest BCUT2D eigenvalue weighted by Gasteiger charge is -2.35. The molecule has 0 saturated heterocycles. The highest BCUT2D eigenvalue weighted by Gasteiger charge is 2.31. The summed E-state index contributed by atoms with van der Waals surface area (Å²) < 4.78 is 2.11. The van der Waals surface area contributed by atoms with E-state index in [-0.39, 0.29) is 18.0 Å². The normalized spacial score (nSPS) is 19.0. The van der Waals surface area contributed by atoms with Gasteiger partial charge in [0.1, 0.15) is 0 Å². The molecule has 0 radical (unpaired) electrons. The van der Waals surface area contributed by atoms with Gasteiger partial charge >= 0.3 is 0 Å². The van der Waals surface area contributed by atoms with Gasteiger partial charge in [-0.25, -0.2) is 4.98 Å². The van der Waals surface area contributed by atoms with Gasteiger partial charge in [0.25, 0.3) is 0 Å². The van der Waals surface area contributed by atoms with Gasteiger partial charge in [-0.15, -0.1) is 0 Å². The van der Waals surface area contributed by atoms with Crippen molar-refractivity contribution in [2.24, 2.45) is 0 Å². The molecule has 5 heteroatoms. The quantitative estimate of drug-likeness (QED) is 0.789. The van der Waals surface area contributed by atoms with E-state index in [9.17, 15) is 4.79 Å². The molecule has 1 aliphatic carbocycles. The first-order valence-electron chi connectivity index (χ1n) is 8.97. The van der Waals surface area contributed by atoms with E-state index in [0.29, 0.717) is 6.42 Å². The number of aryl methyl sites for hydroxylation is 2. The molecule has 1 aliphatic rings. The van der Waals surface area contributed by atoms with Gasteiger partial charge in [-0.3, -0.25) is 9.78 Å². The molecule has 0 unspecified atom stereocenters. The number of carbonyl (C=O) groups excluding carboxylic acids is 1. The van der Waals surface area contributed by atoms with E-state index in [1.54, 1.807) is 12.4 Å². The second-order valence-electron chi connectivity index (χ2n) is 6.84. The third-order valence-electron chi connectivity index (χ3n) is 5.05. The molecule has 0 bridgehead atoms. The maximum absolute atomic E-state index is 12.7. The number of aromatic nitrogens is 3. The maximum atomic E-state index is 12.7. The van der Waals surface area contributed by atoms with Crippen LogP contribution in [0.25, 0.3) is 0 Å². The van der Waals surface area contributed by atoms with E-state index in [4.69, 9.17) is 0 Å². The van der Waals surface area contributed by atoms with Crippen molar-refractivity contribution in [3.8, 4) is 0 Å². The Hall–Kier alpha value is -2.95. The van der Waals surface area contributed by atoms with Gasteiger partial charge < -0.3 is 9.88 Å². The second kappa shape index (κ2) is 7.12. The third-order valence-corrected chi connectivity index (χ3v) is 5.05. The first-order valence-corrected chi connectivity index (χ1v) is 8.97. The molecule has 0 aliphatic heterocycles. The highest BCUT2D eigenvalue weighted by molar-refractivity contribution is 5.79. The zero-order valence-corrected chi connectivity index (χ0v) is 14.8. The molecule has 26 heavy (non-hydrogen) atoms. The van der Waals surface area contributed by atoms with Crippen molar-refractivity contribution in [1.82, 2.24) is 19.9 Å². The molecule has 2 aromatic heterocycles. The summed E-state index contributed by atoms with van der Waals surface area (Å²) in [5.74, 6) is 0.0162. The van der Waals surface area contributed by atoms with Crippen LogP contribution < -0.4 is 5.32 Å². The van der Waals surface area contributed by atoms with Crippen LogP contribution in [0.1, 0.15) is 40.9 Å². The van der Waals surface area contributed by atoms with Crippen molar-refractivity contribution in [3.05, 3.63) is 83.7 Å². The van der Waals surface area contributed by atoms with Crippen LogP contribution in [0.2, 0.25) is 0 Å². The molecule has 3 aromatic rings. The maximum Gasteiger partial charge on any atom is 0.225 e. The molecule has 2 heterocycles. The molecule has 0 saturated carbocycles. The first kappa shape index (κ1) is 16.5. The first-order chi connectivity index (χ1) is 12.7. The highest BCUT2D eigenvalue weighted by atomic mass is 16.1. The van der Waals surface area contributed by atoms with Crippen LogP contribution in [-0.2, 0) is 17.6 Å². The van der Waals surface area contributed by atoms with E-state index in [0.717, 1.165) is 24.1 Å². The van der Waals surface area contributed by atoms with Crippen molar-refractivity contribution < 1.29 is 4.79 Å². The van der Waals surface area contributed by atoms with Gasteiger partial charge in [0.15, 0.2) is 0 Å². The average Bonchev–Trinajstić information content (AvgIpc) is 3.18. The van der Waals surface area contributed by atoms with Crippen LogP contribution in [-0.4, -0.2) is 20.4 Å². The van der Waals surface area contributed by atoms with Crippen LogP contribution in [0.3, 0.4) is 0 Å². The summed E-state index contributed by atoms with van der Waals surface area (Å²) >= 11 is 0. The monoisotopic (exact) mass is 346 g/mol. The van der Waals surface area contributed by atoms with Gasteiger partial charge in [0.05, 0.1) is 24.8 Å². The number of pyridine rings is 1. The third kappa shape index (κ3) is 3.38. The zero-order valence-electron chi connectivity index (χ0n) is 14.8. The Morgan fingerprint density at radius 2 is 2.15 bits per heavy atom. The molecule has 1 aromatic carbocycles. The number of nitrogens with zero attached hydrogens (tertiary/aromatic N) is 3. The van der Waals surface area contributed by atoms with Crippen LogP contribution >= 0.6 is 0 Å². The minimum absolute atomic E-state index is 0.0162. The molecule has 1 amide bonds. The summed E-state index contributed by atoms with van der Waals surface area (Å²) in [6.45, 7) is 1.94. The van der Waals surface area contributed by atoms with Crippen molar-refractivity contribution in [3.63, 3.8) is 0 Å². The van der Waals surface area contributed by atoms with Gasteiger partial charge in [-0.05, 0) is 42.5 Å². The van der Waals surface area contributed by atoms with E-state index in [2.05, 4.69) is 38.1 Å². The van der Waals surface area contributed by atoms with Crippen LogP contribution in [0.5, 0.6) is 0 Å². The van der Waals surface area contributed by atoms with Crippen molar-refractivity contribution in [1.29, 1.82) is 0 Å². The number of imidazole rings is 1. The fraction of sp³-hybridized carbons (Fsp3) is 0.286. The Bertz CT molecular complexity index is 887. The van der Waals surface area contributed by atoms with Crippen LogP contribution in [0.15, 0.2) is 61.3 Å². The van der Waals surface area contributed by atoms with E-state index >= 15 is 0 Å². The zero-order chi connectivity index (χ0) is 17.9. The Balaban J connectivity index is 1.58. The van der Waals surface area contributed by atoms with Crippen LogP contribution in [0.4, 0.5) is 0 Å².